The number of esters is 1. The maximum Gasteiger partial charge on any atom is 0.332 e. The second-order valence-corrected chi connectivity index (χ2v) is 9.58. The van der Waals surface area contributed by atoms with Gasteiger partial charge in [0.05, 0.1) is 29.6 Å². The molecular formula is C23H26Cl2N4O5. The Kier molecular flexibility index (Phi) is 6.89. The van der Waals surface area contributed by atoms with Gasteiger partial charge in [-0.1, -0.05) is 29.3 Å². The summed E-state index contributed by atoms with van der Waals surface area (Å²) in [5, 5.41) is 11.8. The predicted octanol–water partition coefficient (Wildman–Crippen LogP) is 2.80. The normalized spacial score (nSPS) is 19.4. The first-order valence-electron chi connectivity index (χ1n) is 11.0. The molecular weight excluding hydrogens is 483 g/mol. The molecule has 2 heterocycles. The smallest absolute Gasteiger partial charge is 0.332 e. The summed E-state index contributed by atoms with van der Waals surface area (Å²) >= 11 is 12.1. The largest absolute Gasteiger partial charge is 0.469 e. The van der Waals surface area contributed by atoms with Gasteiger partial charge in [0.15, 0.2) is 11.2 Å². The number of carbonyl (C=O) groups is 1. The average molecular weight is 509 g/mol. The summed E-state index contributed by atoms with van der Waals surface area (Å²) in [7, 11) is 4.57. The van der Waals surface area contributed by atoms with Gasteiger partial charge in [-0.15, -0.1) is 0 Å². The summed E-state index contributed by atoms with van der Waals surface area (Å²) in [4.78, 5) is 42.6. The van der Waals surface area contributed by atoms with Crippen LogP contribution in [0.15, 0.2) is 27.8 Å². The van der Waals surface area contributed by atoms with Crippen LogP contribution in [-0.4, -0.2) is 36.9 Å². The molecule has 0 radical (unpaired) electrons. The lowest BCUT2D eigenvalue weighted by Crippen LogP contribution is -2.39. The van der Waals surface area contributed by atoms with Crippen LogP contribution < -0.4 is 11.2 Å². The Morgan fingerprint density at radius 3 is 2.44 bits per heavy atom. The van der Waals surface area contributed by atoms with E-state index in [0.29, 0.717) is 47.1 Å². The van der Waals surface area contributed by atoms with Gasteiger partial charge in [0.1, 0.15) is 11.9 Å². The molecule has 0 bridgehead atoms. The van der Waals surface area contributed by atoms with Gasteiger partial charge in [-0.05, 0) is 49.3 Å². The zero-order valence-corrected chi connectivity index (χ0v) is 20.6. The van der Waals surface area contributed by atoms with Crippen molar-refractivity contribution in [3.8, 4) is 0 Å². The number of rotatable bonds is 5. The summed E-state index contributed by atoms with van der Waals surface area (Å²) in [5.41, 5.74) is 0.0469. The van der Waals surface area contributed by atoms with Crippen molar-refractivity contribution in [2.24, 2.45) is 25.9 Å². The van der Waals surface area contributed by atoms with Gasteiger partial charge in [0, 0.05) is 14.1 Å². The molecule has 0 amide bonds. The number of aryl methyl sites for hydroxylation is 2. The maximum absolute atomic E-state index is 13.3. The number of hydrogen-bond acceptors (Lipinski definition) is 6. The molecule has 3 aromatic rings. The minimum absolute atomic E-state index is 0.0128. The van der Waals surface area contributed by atoms with Gasteiger partial charge in [-0.3, -0.25) is 18.7 Å². The number of fused-ring (bicyclic) bond motifs is 1. The topological polar surface area (TPSA) is 108 Å². The van der Waals surface area contributed by atoms with Gasteiger partial charge in [0.25, 0.3) is 5.56 Å². The highest BCUT2D eigenvalue weighted by atomic mass is 35.5. The number of aromatic nitrogens is 4. The number of ether oxygens (including phenoxy) is 1. The highest BCUT2D eigenvalue weighted by molar-refractivity contribution is 6.42. The minimum Gasteiger partial charge on any atom is -0.469 e. The standard InChI is InChI=1S/C23H26Cl2N4O5/c1-27-17-19(26-20(27)18(30)13-5-7-14(8-6-13)22(32)34-3)28(2)23(33)29(21(17)31)11-12-4-9-15(24)16(25)10-12/h4,9-10,13-14,18,30H,5-8,11H2,1-3H3. The molecule has 0 saturated heterocycles. The third-order valence-electron chi connectivity index (χ3n) is 6.74. The lowest BCUT2D eigenvalue weighted by molar-refractivity contribution is -0.147. The lowest BCUT2D eigenvalue weighted by atomic mass is 9.79. The molecule has 1 aliphatic rings. The lowest BCUT2D eigenvalue weighted by Gasteiger charge is -2.29. The average Bonchev–Trinajstić information content (AvgIpc) is 3.19. The van der Waals surface area contributed by atoms with Crippen molar-refractivity contribution in [2.45, 2.75) is 38.3 Å². The predicted molar refractivity (Wildman–Crippen MR) is 128 cm³/mol. The van der Waals surface area contributed by atoms with Crippen molar-refractivity contribution >= 4 is 40.3 Å². The molecule has 182 valence electrons. The molecule has 1 atom stereocenters. The third-order valence-corrected chi connectivity index (χ3v) is 7.48. The number of halogens is 2. The fourth-order valence-corrected chi connectivity index (χ4v) is 5.05. The minimum atomic E-state index is -0.936. The van der Waals surface area contributed by atoms with Crippen LogP contribution in [0.2, 0.25) is 10.0 Å². The van der Waals surface area contributed by atoms with Crippen molar-refractivity contribution in [1.29, 1.82) is 0 Å². The zero-order valence-electron chi connectivity index (χ0n) is 19.1. The highest BCUT2D eigenvalue weighted by Gasteiger charge is 2.33. The number of aliphatic hydroxyl groups excluding tert-OH is 1. The number of carbonyl (C=O) groups excluding carboxylic acids is 1. The van der Waals surface area contributed by atoms with Gasteiger partial charge >= 0.3 is 11.7 Å². The summed E-state index contributed by atoms with van der Waals surface area (Å²) in [5.74, 6) is -0.195. The van der Waals surface area contributed by atoms with Gasteiger partial charge < -0.3 is 14.4 Å². The first-order valence-corrected chi connectivity index (χ1v) is 11.8. The molecule has 2 aromatic heterocycles. The summed E-state index contributed by atoms with van der Waals surface area (Å²) in [6.07, 6.45) is 1.56. The maximum atomic E-state index is 13.3. The van der Waals surface area contributed by atoms with Crippen molar-refractivity contribution in [3.05, 3.63) is 60.5 Å². The number of hydrogen-bond donors (Lipinski definition) is 1. The molecule has 34 heavy (non-hydrogen) atoms. The Morgan fingerprint density at radius 2 is 1.82 bits per heavy atom. The van der Waals surface area contributed by atoms with Crippen LogP contribution >= 0.6 is 23.2 Å². The van der Waals surface area contributed by atoms with Gasteiger partial charge in [-0.2, -0.15) is 0 Å². The molecule has 11 heteroatoms. The molecule has 1 N–H and O–H groups in total. The van der Waals surface area contributed by atoms with E-state index in [1.165, 1.54) is 11.7 Å². The molecule has 9 nitrogen and oxygen atoms in total. The molecule has 4 rings (SSSR count). The van der Waals surface area contributed by atoms with E-state index in [1.54, 1.807) is 36.9 Å². The molecule has 1 fully saturated rings. The fraction of sp³-hybridized carbons (Fsp3) is 0.478. The van der Waals surface area contributed by atoms with E-state index in [-0.39, 0.29) is 35.5 Å². The molecule has 1 saturated carbocycles. The second-order valence-electron chi connectivity index (χ2n) is 8.76. The van der Waals surface area contributed by atoms with E-state index in [4.69, 9.17) is 27.9 Å². The summed E-state index contributed by atoms with van der Waals surface area (Å²) in [6, 6.07) is 4.93. The Balaban J connectivity index is 1.69. The monoisotopic (exact) mass is 508 g/mol. The SMILES string of the molecule is COC(=O)C1CCC(C(O)c2nc3c(c(=O)n(Cc4ccc(Cl)c(Cl)c4)c(=O)n3C)n2C)CC1. The number of nitrogens with zero attached hydrogens (tertiary/aromatic N) is 4. The first kappa shape index (κ1) is 24.5. The fourth-order valence-electron chi connectivity index (χ4n) is 4.73. The Hall–Kier alpha value is -2.62. The number of methoxy groups -OCH3 is 1. The number of imidazole rings is 1. The zero-order chi connectivity index (χ0) is 24.7. The Bertz CT molecular complexity index is 1370. The molecule has 0 aliphatic heterocycles. The van der Waals surface area contributed by atoms with Crippen molar-refractivity contribution < 1.29 is 14.6 Å². The summed E-state index contributed by atoms with van der Waals surface area (Å²) in [6.45, 7) is 0.0128. The van der Waals surface area contributed by atoms with Crippen LogP contribution in [0, 0.1) is 11.8 Å². The van der Waals surface area contributed by atoms with Gasteiger partial charge in [-0.25, -0.2) is 9.78 Å². The van der Waals surface area contributed by atoms with Crippen LogP contribution in [0.4, 0.5) is 0 Å². The molecule has 1 aliphatic carbocycles. The van der Waals surface area contributed by atoms with Gasteiger partial charge in [0.2, 0.25) is 0 Å². The van der Waals surface area contributed by atoms with Crippen LogP contribution in [0.1, 0.15) is 43.2 Å². The first-order chi connectivity index (χ1) is 16.1. The number of aliphatic hydroxyl groups is 1. The van der Waals surface area contributed by atoms with E-state index in [0.717, 1.165) is 4.57 Å². The van der Waals surface area contributed by atoms with E-state index < -0.39 is 17.4 Å². The molecule has 1 aromatic carbocycles. The third kappa shape index (κ3) is 4.28. The molecule has 0 spiro atoms. The van der Waals surface area contributed by atoms with Crippen LogP contribution in [0.3, 0.4) is 0 Å². The van der Waals surface area contributed by atoms with Crippen molar-refractivity contribution in [2.75, 3.05) is 7.11 Å². The molecule has 1 unspecified atom stereocenters. The van der Waals surface area contributed by atoms with E-state index >= 15 is 0 Å². The number of benzene rings is 1. The van der Waals surface area contributed by atoms with E-state index in [9.17, 15) is 19.5 Å². The van der Waals surface area contributed by atoms with E-state index in [1.807, 2.05) is 0 Å². The van der Waals surface area contributed by atoms with Crippen molar-refractivity contribution in [3.63, 3.8) is 0 Å². The quantitative estimate of drug-likeness (QED) is 0.530. The van der Waals surface area contributed by atoms with Crippen molar-refractivity contribution in [1.82, 2.24) is 18.7 Å². The summed E-state index contributed by atoms with van der Waals surface area (Å²) < 4.78 is 8.80. The second kappa shape index (κ2) is 9.56. The van der Waals surface area contributed by atoms with Crippen LogP contribution in [0.25, 0.3) is 11.2 Å². The Morgan fingerprint density at radius 1 is 1.15 bits per heavy atom. The van der Waals surface area contributed by atoms with E-state index in [2.05, 4.69) is 4.98 Å². The van der Waals surface area contributed by atoms with Crippen LogP contribution in [-0.2, 0) is 30.2 Å². The highest BCUT2D eigenvalue weighted by Crippen LogP contribution is 2.37. The Labute approximate surface area is 205 Å². The van der Waals surface area contributed by atoms with Crippen LogP contribution in [0.5, 0.6) is 0 Å².